The predicted molar refractivity (Wildman–Crippen MR) is 50.1 cm³/mol. The Labute approximate surface area is 74.4 Å². The van der Waals surface area contributed by atoms with Crippen molar-refractivity contribution in [3.8, 4) is 0 Å². The van der Waals surface area contributed by atoms with Crippen LogP contribution in [0.3, 0.4) is 0 Å². The van der Waals surface area contributed by atoms with Gasteiger partial charge in [0.2, 0.25) is 0 Å². The second-order valence-electron chi connectivity index (χ2n) is 2.87. The number of hydrogen-bond donors (Lipinski definition) is 0. The molecule has 0 saturated carbocycles. The third-order valence-electron chi connectivity index (χ3n) is 1.90. The Balaban J connectivity index is 3.70. The van der Waals surface area contributed by atoms with Crippen LogP contribution < -0.4 is 0 Å². The molecule has 0 aromatic rings. The van der Waals surface area contributed by atoms with E-state index in [1.165, 1.54) is 0 Å². The van der Waals surface area contributed by atoms with Crippen LogP contribution in [-0.4, -0.2) is 19.6 Å². The molecule has 66 valence electrons. The molecule has 0 aromatic heterocycles. The minimum Gasteiger partial charge on any atom is -0.384 e. The van der Waals surface area contributed by atoms with Crippen molar-refractivity contribution in [2.45, 2.75) is 13.3 Å². The Morgan fingerprint density at radius 1 is 1.64 bits per heavy atom. The fourth-order valence-electron chi connectivity index (χ4n) is 1.06. The first-order valence-corrected chi connectivity index (χ1v) is 4.45. The molecule has 0 aliphatic rings. The molecule has 0 radical (unpaired) electrons. The maximum atomic E-state index is 5.77. The molecule has 0 heterocycles. The van der Waals surface area contributed by atoms with Crippen molar-refractivity contribution in [3.05, 3.63) is 12.7 Å². The van der Waals surface area contributed by atoms with Gasteiger partial charge in [0, 0.05) is 19.6 Å². The van der Waals surface area contributed by atoms with Gasteiger partial charge in [-0.2, -0.15) is 0 Å². The fourth-order valence-corrected chi connectivity index (χ4v) is 1.49. The van der Waals surface area contributed by atoms with Crippen LogP contribution in [0.15, 0.2) is 12.7 Å². The van der Waals surface area contributed by atoms with Crippen molar-refractivity contribution in [1.82, 2.24) is 0 Å². The number of methoxy groups -OCH3 is 1. The van der Waals surface area contributed by atoms with Crippen LogP contribution in [-0.2, 0) is 4.74 Å². The lowest BCUT2D eigenvalue weighted by atomic mass is 9.93. The van der Waals surface area contributed by atoms with Crippen molar-refractivity contribution in [2.75, 3.05) is 19.6 Å². The highest BCUT2D eigenvalue weighted by atomic mass is 35.5. The zero-order valence-electron chi connectivity index (χ0n) is 7.35. The molecule has 0 amide bonds. The molecular weight excluding hydrogens is 160 g/mol. The molecule has 0 aromatic carbocycles. The van der Waals surface area contributed by atoms with Crippen molar-refractivity contribution >= 4 is 11.6 Å². The molecule has 0 saturated heterocycles. The lowest BCUT2D eigenvalue weighted by molar-refractivity contribution is 0.135. The van der Waals surface area contributed by atoms with Gasteiger partial charge >= 0.3 is 0 Å². The summed E-state index contributed by atoms with van der Waals surface area (Å²) in [6, 6.07) is 0. The minimum absolute atomic E-state index is 0.508. The van der Waals surface area contributed by atoms with Gasteiger partial charge in [-0.15, -0.1) is 18.2 Å². The number of alkyl halides is 1. The van der Waals surface area contributed by atoms with Gasteiger partial charge in [0.05, 0.1) is 0 Å². The molecule has 0 rings (SSSR count). The van der Waals surface area contributed by atoms with E-state index < -0.39 is 0 Å². The average Bonchev–Trinajstić information content (AvgIpc) is 2.00. The first kappa shape index (κ1) is 11.0. The SMILES string of the molecule is C=CCC(CCl)C(C)COC. The van der Waals surface area contributed by atoms with E-state index in [1.54, 1.807) is 7.11 Å². The van der Waals surface area contributed by atoms with Crippen molar-refractivity contribution in [2.24, 2.45) is 11.8 Å². The molecule has 2 unspecified atom stereocenters. The monoisotopic (exact) mass is 176 g/mol. The van der Waals surface area contributed by atoms with Crippen LogP contribution >= 0.6 is 11.6 Å². The largest absolute Gasteiger partial charge is 0.384 e. The first-order valence-electron chi connectivity index (χ1n) is 3.92. The number of allylic oxidation sites excluding steroid dienone is 1. The molecule has 2 heteroatoms. The molecule has 0 spiro atoms. The van der Waals surface area contributed by atoms with E-state index in [9.17, 15) is 0 Å². The Morgan fingerprint density at radius 2 is 2.27 bits per heavy atom. The topological polar surface area (TPSA) is 9.23 Å². The minimum atomic E-state index is 0.508. The molecule has 0 fully saturated rings. The van der Waals surface area contributed by atoms with E-state index in [1.807, 2.05) is 6.08 Å². The predicted octanol–water partition coefficient (Wildman–Crippen LogP) is 2.70. The number of halogens is 1. The van der Waals surface area contributed by atoms with Crippen LogP contribution in [0.25, 0.3) is 0 Å². The number of rotatable bonds is 6. The third kappa shape index (κ3) is 4.44. The molecular formula is C9H17ClO. The van der Waals surface area contributed by atoms with Gasteiger partial charge in [-0.25, -0.2) is 0 Å². The van der Waals surface area contributed by atoms with Crippen LogP contribution in [0.1, 0.15) is 13.3 Å². The van der Waals surface area contributed by atoms with E-state index in [0.29, 0.717) is 17.7 Å². The van der Waals surface area contributed by atoms with Gasteiger partial charge in [-0.3, -0.25) is 0 Å². The highest BCUT2D eigenvalue weighted by Gasteiger charge is 2.13. The molecule has 0 aliphatic heterocycles. The number of ether oxygens (including phenoxy) is 1. The quantitative estimate of drug-likeness (QED) is 0.447. The smallest absolute Gasteiger partial charge is 0.0491 e. The lowest BCUT2D eigenvalue weighted by Crippen LogP contribution is -2.17. The van der Waals surface area contributed by atoms with Gasteiger partial charge < -0.3 is 4.74 Å². The standard InChI is InChI=1S/C9H17ClO/c1-4-5-9(6-10)8(2)7-11-3/h4,8-9H,1,5-7H2,2-3H3. The van der Waals surface area contributed by atoms with Gasteiger partial charge in [0.15, 0.2) is 0 Å². The third-order valence-corrected chi connectivity index (χ3v) is 2.30. The number of hydrogen-bond acceptors (Lipinski definition) is 1. The Hall–Kier alpha value is -0.0100. The summed E-state index contributed by atoms with van der Waals surface area (Å²) in [5.41, 5.74) is 0. The summed E-state index contributed by atoms with van der Waals surface area (Å²) in [5, 5.41) is 0. The fraction of sp³-hybridized carbons (Fsp3) is 0.778. The molecule has 0 bridgehead atoms. The summed E-state index contributed by atoms with van der Waals surface area (Å²) in [5.74, 6) is 1.72. The molecule has 0 N–H and O–H groups in total. The summed E-state index contributed by atoms with van der Waals surface area (Å²) in [7, 11) is 1.72. The van der Waals surface area contributed by atoms with E-state index in [-0.39, 0.29) is 0 Å². The van der Waals surface area contributed by atoms with Crippen LogP contribution in [0.4, 0.5) is 0 Å². The van der Waals surface area contributed by atoms with Crippen molar-refractivity contribution in [3.63, 3.8) is 0 Å². The average molecular weight is 177 g/mol. The van der Waals surface area contributed by atoms with Gasteiger partial charge in [0.25, 0.3) is 0 Å². The normalized spacial score (nSPS) is 15.9. The van der Waals surface area contributed by atoms with Gasteiger partial charge in [0.1, 0.15) is 0 Å². The van der Waals surface area contributed by atoms with Crippen LogP contribution in [0.5, 0.6) is 0 Å². The maximum absolute atomic E-state index is 5.77. The molecule has 0 aliphatic carbocycles. The maximum Gasteiger partial charge on any atom is 0.0491 e. The summed E-state index contributed by atoms with van der Waals surface area (Å²) in [6.07, 6.45) is 2.90. The Morgan fingerprint density at radius 3 is 2.64 bits per heavy atom. The lowest BCUT2D eigenvalue weighted by Gasteiger charge is -2.19. The highest BCUT2D eigenvalue weighted by Crippen LogP contribution is 2.17. The van der Waals surface area contributed by atoms with Crippen LogP contribution in [0, 0.1) is 11.8 Å². The van der Waals surface area contributed by atoms with Gasteiger partial charge in [-0.05, 0) is 18.3 Å². The van der Waals surface area contributed by atoms with Crippen LogP contribution in [0.2, 0.25) is 0 Å². The molecule has 2 atom stereocenters. The first-order chi connectivity index (χ1) is 5.26. The van der Waals surface area contributed by atoms with Gasteiger partial charge in [-0.1, -0.05) is 13.0 Å². The Bertz CT molecular complexity index is 104. The molecule has 1 nitrogen and oxygen atoms in total. The summed E-state index contributed by atoms with van der Waals surface area (Å²) in [4.78, 5) is 0. The summed E-state index contributed by atoms with van der Waals surface area (Å²) in [6.45, 7) is 6.63. The van der Waals surface area contributed by atoms with E-state index in [2.05, 4.69) is 13.5 Å². The summed E-state index contributed by atoms with van der Waals surface area (Å²) >= 11 is 5.77. The van der Waals surface area contributed by atoms with E-state index >= 15 is 0 Å². The second-order valence-corrected chi connectivity index (χ2v) is 3.18. The zero-order chi connectivity index (χ0) is 8.69. The molecule has 11 heavy (non-hydrogen) atoms. The highest BCUT2D eigenvalue weighted by molar-refractivity contribution is 6.18. The second kappa shape index (κ2) is 6.68. The van der Waals surface area contributed by atoms with Crippen molar-refractivity contribution < 1.29 is 4.74 Å². The van der Waals surface area contributed by atoms with Crippen molar-refractivity contribution in [1.29, 1.82) is 0 Å². The van der Waals surface area contributed by atoms with E-state index in [4.69, 9.17) is 16.3 Å². The Kier molecular flexibility index (Phi) is 6.68. The summed E-state index contributed by atoms with van der Waals surface area (Å²) < 4.78 is 5.04. The van der Waals surface area contributed by atoms with E-state index in [0.717, 1.165) is 13.0 Å². The zero-order valence-corrected chi connectivity index (χ0v) is 8.10.